The van der Waals surface area contributed by atoms with Crippen LogP contribution in [0.25, 0.3) is 42.4 Å². The average Bonchev–Trinajstić information content (AvgIpc) is 3.53. The van der Waals surface area contributed by atoms with Gasteiger partial charge >= 0.3 is 206 Å². The van der Waals surface area contributed by atoms with E-state index in [1.54, 1.807) is 0 Å². The van der Waals surface area contributed by atoms with Crippen LogP contribution in [-0.4, -0.2) is 36.6 Å². The van der Waals surface area contributed by atoms with Crippen molar-refractivity contribution in [2.45, 2.75) is 0 Å². The molecule has 6 aromatic rings. The van der Waals surface area contributed by atoms with E-state index in [2.05, 4.69) is 65.2 Å². The van der Waals surface area contributed by atoms with Gasteiger partial charge in [-0.15, -0.1) is 0 Å². The Balaban J connectivity index is 1.34. The number of nitrogens with zero attached hydrogens (tertiary/aromatic N) is 1. The van der Waals surface area contributed by atoms with Crippen molar-refractivity contribution < 1.29 is 9.59 Å². The Labute approximate surface area is 205 Å². The number of para-hydroxylation sites is 2. The zero-order valence-electron chi connectivity index (χ0n) is 18.0. The molecule has 0 spiro atoms. The van der Waals surface area contributed by atoms with Crippen molar-refractivity contribution in [2.75, 3.05) is 0 Å². The Hall–Kier alpha value is -3.71. The molecule has 0 N–H and O–H groups in total. The van der Waals surface area contributed by atoms with Gasteiger partial charge < -0.3 is 0 Å². The monoisotopic (exact) mass is 553 g/mol. The van der Waals surface area contributed by atoms with Gasteiger partial charge in [-0.25, -0.2) is 0 Å². The number of rotatable bonds is 2. The van der Waals surface area contributed by atoms with E-state index in [4.69, 9.17) is 0 Å². The van der Waals surface area contributed by atoms with Gasteiger partial charge in [0, 0.05) is 0 Å². The summed E-state index contributed by atoms with van der Waals surface area (Å²) in [6.07, 6.45) is 1.84. The molecular weight excluding hydrogens is 534 g/mol. The van der Waals surface area contributed by atoms with Gasteiger partial charge in [0.2, 0.25) is 0 Å². The van der Waals surface area contributed by atoms with Crippen molar-refractivity contribution in [3.8, 4) is 3.70 Å². The van der Waals surface area contributed by atoms with Gasteiger partial charge in [-0.1, -0.05) is 0 Å². The molecule has 0 aliphatic heterocycles. The summed E-state index contributed by atoms with van der Waals surface area (Å²) in [4.78, 5) is 26.3. The van der Waals surface area contributed by atoms with Gasteiger partial charge in [-0.05, 0) is 0 Å². The fraction of sp³-hybridized carbons (Fsp3) is 0. The topological polar surface area (TPSA) is 39.1 Å². The first-order chi connectivity index (χ1) is 16.7. The van der Waals surface area contributed by atoms with E-state index in [9.17, 15) is 9.59 Å². The van der Waals surface area contributed by atoms with Crippen LogP contribution in [0.4, 0.5) is 0 Å². The number of allylic oxidation sites excluding steroid dienone is 1. The molecule has 2 aromatic heterocycles. The second-order valence-corrected chi connectivity index (χ2v) is 11.6. The van der Waals surface area contributed by atoms with E-state index in [0.29, 0.717) is 16.7 Å². The summed E-state index contributed by atoms with van der Waals surface area (Å²) in [6.45, 7) is 0. The van der Waals surface area contributed by atoms with E-state index in [-0.39, 0.29) is 11.6 Å². The molecule has 7 rings (SSSR count). The van der Waals surface area contributed by atoms with Crippen molar-refractivity contribution in [1.29, 1.82) is 0 Å². The van der Waals surface area contributed by atoms with Crippen LogP contribution in [0.5, 0.6) is 0 Å². The summed E-state index contributed by atoms with van der Waals surface area (Å²) in [5, 5.41) is 4.43. The maximum atomic E-state index is 13.2. The van der Waals surface area contributed by atoms with Crippen LogP contribution in [0.3, 0.4) is 0 Å². The van der Waals surface area contributed by atoms with Gasteiger partial charge in [0.1, 0.15) is 0 Å². The standard InChI is InChI=1S/C30H17NO2Te/c32-29-23-15-18-7-1-2-8-19(18)16-24(23)30(33)25(29)17-20-13-14-28(34-20)31-26-11-5-3-9-21(26)22-10-4-6-12-27(22)31/h1-17H. The number of carbonyl (C=O) groups excluding carboxylic acids is 2. The van der Waals surface area contributed by atoms with E-state index in [0.717, 1.165) is 14.4 Å². The summed E-state index contributed by atoms with van der Waals surface area (Å²) < 4.78 is 4.70. The fourth-order valence-corrected chi connectivity index (χ4v) is 7.78. The molecule has 0 fully saturated rings. The van der Waals surface area contributed by atoms with Crippen LogP contribution >= 0.6 is 0 Å². The number of ketones is 2. The molecule has 34 heavy (non-hydrogen) atoms. The molecule has 1 aliphatic carbocycles. The molecular formula is C30H17NO2Te. The fourth-order valence-electron chi connectivity index (χ4n) is 4.98. The summed E-state index contributed by atoms with van der Waals surface area (Å²) in [6, 6.07) is 32.7. The second kappa shape index (κ2) is 7.40. The Bertz CT molecular complexity index is 1740. The quantitative estimate of drug-likeness (QED) is 0.141. The van der Waals surface area contributed by atoms with Crippen LogP contribution < -0.4 is 0 Å². The Morgan fingerprint density at radius 3 is 1.74 bits per heavy atom. The number of aromatic nitrogens is 1. The maximum absolute atomic E-state index is 13.2. The van der Waals surface area contributed by atoms with E-state index in [1.807, 2.05) is 42.5 Å². The predicted octanol–water partition coefficient (Wildman–Crippen LogP) is 6.46. The van der Waals surface area contributed by atoms with Crippen molar-refractivity contribution in [1.82, 2.24) is 4.57 Å². The van der Waals surface area contributed by atoms with Gasteiger partial charge in [0.15, 0.2) is 0 Å². The molecule has 160 valence electrons. The Morgan fingerprint density at radius 1 is 0.618 bits per heavy atom. The summed E-state index contributed by atoms with van der Waals surface area (Å²) >= 11 is -0.773. The SMILES string of the molecule is O=C1C(=Cc2ccc(-n3c4ccccc4c4ccccc43)[te]2)C(=O)c2cc3ccccc3cc21. The number of benzene rings is 4. The first-order valence-electron chi connectivity index (χ1n) is 11.1. The van der Waals surface area contributed by atoms with Crippen LogP contribution in [0, 0.1) is 0 Å². The molecule has 4 aromatic carbocycles. The summed E-state index contributed by atoms with van der Waals surface area (Å²) in [5.41, 5.74) is 3.71. The zero-order chi connectivity index (χ0) is 22.8. The van der Waals surface area contributed by atoms with E-state index < -0.39 is 20.4 Å². The molecule has 0 saturated carbocycles. The Morgan fingerprint density at radius 2 is 1.15 bits per heavy atom. The molecule has 1 aliphatic rings. The first kappa shape index (κ1) is 19.7. The Kier molecular flexibility index (Phi) is 4.29. The molecule has 0 saturated heterocycles. The summed E-state index contributed by atoms with van der Waals surface area (Å²) in [7, 11) is 0. The van der Waals surface area contributed by atoms with Gasteiger partial charge in [0.05, 0.1) is 0 Å². The van der Waals surface area contributed by atoms with Crippen molar-refractivity contribution >= 4 is 70.7 Å². The van der Waals surface area contributed by atoms with Crippen LogP contribution in [0.2, 0.25) is 0 Å². The van der Waals surface area contributed by atoms with Crippen molar-refractivity contribution in [3.63, 3.8) is 0 Å². The number of fused-ring (bicyclic) bond motifs is 5. The third-order valence-electron chi connectivity index (χ3n) is 6.56. The molecule has 0 atom stereocenters. The third-order valence-corrected chi connectivity index (χ3v) is 9.47. The number of hydrogen-bond acceptors (Lipinski definition) is 2. The third kappa shape index (κ3) is 2.83. The van der Waals surface area contributed by atoms with Crippen LogP contribution in [-0.2, 0) is 0 Å². The molecule has 4 heteroatoms. The predicted molar refractivity (Wildman–Crippen MR) is 138 cm³/mol. The van der Waals surface area contributed by atoms with Crippen molar-refractivity contribution in [2.24, 2.45) is 0 Å². The summed E-state index contributed by atoms with van der Waals surface area (Å²) in [5.74, 6) is -0.325. The minimum atomic E-state index is -0.773. The normalized spacial score (nSPS) is 13.4. The number of carbonyl (C=O) groups is 2. The van der Waals surface area contributed by atoms with Gasteiger partial charge in [0.25, 0.3) is 0 Å². The van der Waals surface area contributed by atoms with Gasteiger partial charge in [-0.3, -0.25) is 0 Å². The number of Topliss-reactive ketones (excluding diaryl/α,β-unsaturated/α-hetero) is 2. The molecule has 0 unspecified atom stereocenters. The minimum absolute atomic E-state index is 0.163. The first-order valence-corrected chi connectivity index (χ1v) is 13.4. The van der Waals surface area contributed by atoms with E-state index in [1.165, 1.54) is 25.5 Å². The molecule has 3 nitrogen and oxygen atoms in total. The average molecular weight is 551 g/mol. The number of hydrogen-bond donors (Lipinski definition) is 0. The molecule has 0 radical (unpaired) electrons. The molecule has 0 bridgehead atoms. The van der Waals surface area contributed by atoms with Crippen LogP contribution in [0.15, 0.2) is 103 Å². The molecule has 2 heterocycles. The van der Waals surface area contributed by atoms with Gasteiger partial charge in [-0.2, -0.15) is 0 Å². The van der Waals surface area contributed by atoms with Crippen LogP contribution in [0.1, 0.15) is 24.3 Å². The second-order valence-electron chi connectivity index (χ2n) is 8.51. The van der Waals surface area contributed by atoms with E-state index >= 15 is 0 Å². The zero-order valence-corrected chi connectivity index (χ0v) is 20.3. The molecule has 0 amide bonds. The van der Waals surface area contributed by atoms with Crippen molar-refractivity contribution in [3.05, 3.63) is 117 Å².